The van der Waals surface area contributed by atoms with Gasteiger partial charge < -0.3 is 10.0 Å². The molecular weight excluding hydrogens is 212 g/mol. The Bertz CT molecular complexity index is 280. The van der Waals surface area contributed by atoms with Crippen molar-refractivity contribution in [3.8, 4) is 6.07 Å². The van der Waals surface area contributed by atoms with Gasteiger partial charge in [0, 0.05) is 12.6 Å². The Balaban J connectivity index is 1.86. The predicted octanol–water partition coefficient (Wildman–Crippen LogP) is 2.16. The SMILES string of the molecule is CN(CC1CC(O)C1)C1CCCCCC1C#N. The van der Waals surface area contributed by atoms with Gasteiger partial charge in [-0.2, -0.15) is 5.26 Å². The van der Waals surface area contributed by atoms with Gasteiger partial charge in [-0.1, -0.05) is 19.3 Å². The summed E-state index contributed by atoms with van der Waals surface area (Å²) in [6.45, 7) is 1.06. The molecule has 0 aliphatic heterocycles. The lowest BCUT2D eigenvalue weighted by molar-refractivity contribution is 0.0183. The zero-order chi connectivity index (χ0) is 12.3. The summed E-state index contributed by atoms with van der Waals surface area (Å²) in [6, 6.07) is 2.95. The Morgan fingerprint density at radius 1 is 1.24 bits per heavy atom. The van der Waals surface area contributed by atoms with E-state index < -0.39 is 0 Å². The third-order valence-corrected chi connectivity index (χ3v) is 4.47. The van der Waals surface area contributed by atoms with Gasteiger partial charge in [0.1, 0.15) is 0 Å². The summed E-state index contributed by atoms with van der Waals surface area (Å²) in [7, 11) is 2.16. The number of hydrogen-bond acceptors (Lipinski definition) is 3. The topological polar surface area (TPSA) is 47.3 Å². The summed E-state index contributed by atoms with van der Waals surface area (Å²) >= 11 is 0. The van der Waals surface area contributed by atoms with E-state index in [-0.39, 0.29) is 12.0 Å². The predicted molar refractivity (Wildman–Crippen MR) is 67.3 cm³/mol. The number of nitrogens with zero attached hydrogens (tertiary/aromatic N) is 2. The van der Waals surface area contributed by atoms with Crippen molar-refractivity contribution in [3.05, 3.63) is 0 Å². The van der Waals surface area contributed by atoms with E-state index in [9.17, 15) is 10.4 Å². The fraction of sp³-hybridized carbons (Fsp3) is 0.929. The first kappa shape index (κ1) is 12.9. The monoisotopic (exact) mass is 236 g/mol. The number of rotatable bonds is 3. The second kappa shape index (κ2) is 5.84. The highest BCUT2D eigenvalue weighted by molar-refractivity contribution is 4.95. The lowest BCUT2D eigenvalue weighted by Crippen LogP contribution is -2.43. The molecule has 2 fully saturated rings. The Kier molecular flexibility index (Phi) is 4.42. The lowest BCUT2D eigenvalue weighted by atomic mass is 9.81. The molecule has 2 rings (SSSR count). The Labute approximate surface area is 104 Å². The second-order valence-electron chi connectivity index (χ2n) is 5.87. The zero-order valence-electron chi connectivity index (χ0n) is 10.8. The summed E-state index contributed by atoms with van der Waals surface area (Å²) in [4.78, 5) is 2.38. The van der Waals surface area contributed by atoms with Crippen LogP contribution in [-0.4, -0.2) is 35.7 Å². The van der Waals surface area contributed by atoms with Gasteiger partial charge in [0.15, 0.2) is 0 Å². The number of hydrogen-bond donors (Lipinski definition) is 1. The maximum Gasteiger partial charge on any atom is 0.0672 e. The molecule has 3 nitrogen and oxygen atoms in total. The van der Waals surface area contributed by atoms with Crippen molar-refractivity contribution < 1.29 is 5.11 Å². The molecule has 2 unspecified atom stereocenters. The van der Waals surface area contributed by atoms with Crippen molar-refractivity contribution in [1.29, 1.82) is 5.26 Å². The molecule has 2 atom stereocenters. The maximum atomic E-state index is 9.31. The van der Waals surface area contributed by atoms with E-state index in [0.717, 1.165) is 25.8 Å². The first-order chi connectivity index (χ1) is 8.20. The molecule has 2 saturated carbocycles. The van der Waals surface area contributed by atoms with Crippen molar-refractivity contribution in [2.24, 2.45) is 11.8 Å². The van der Waals surface area contributed by atoms with Gasteiger partial charge in [0.25, 0.3) is 0 Å². The molecular formula is C14H24N2O. The van der Waals surface area contributed by atoms with E-state index in [2.05, 4.69) is 18.0 Å². The zero-order valence-corrected chi connectivity index (χ0v) is 10.8. The van der Waals surface area contributed by atoms with Gasteiger partial charge in [-0.15, -0.1) is 0 Å². The van der Waals surface area contributed by atoms with Crippen LogP contribution >= 0.6 is 0 Å². The molecule has 2 aliphatic rings. The summed E-state index contributed by atoms with van der Waals surface area (Å²) in [5.74, 6) is 0.866. The minimum atomic E-state index is -0.0608. The molecule has 1 N–H and O–H groups in total. The fourth-order valence-electron chi connectivity index (χ4n) is 3.36. The molecule has 0 heterocycles. The van der Waals surface area contributed by atoms with Gasteiger partial charge in [0.2, 0.25) is 0 Å². The Morgan fingerprint density at radius 2 is 1.94 bits per heavy atom. The average Bonchev–Trinajstić information content (AvgIpc) is 2.51. The lowest BCUT2D eigenvalue weighted by Gasteiger charge is -2.38. The smallest absolute Gasteiger partial charge is 0.0672 e. The Hall–Kier alpha value is -0.590. The molecule has 2 aliphatic carbocycles. The van der Waals surface area contributed by atoms with Crippen LogP contribution < -0.4 is 0 Å². The molecule has 0 aromatic rings. The van der Waals surface area contributed by atoms with Crippen LogP contribution in [0.5, 0.6) is 0 Å². The molecule has 0 radical (unpaired) electrons. The van der Waals surface area contributed by atoms with E-state index in [4.69, 9.17) is 0 Å². The van der Waals surface area contributed by atoms with Gasteiger partial charge in [-0.25, -0.2) is 0 Å². The largest absolute Gasteiger partial charge is 0.393 e. The standard InChI is InChI=1S/C14H24N2O/c1-16(10-11-7-13(17)8-11)14-6-4-2-3-5-12(14)9-15/h11-14,17H,2-8,10H2,1H3. The van der Waals surface area contributed by atoms with Crippen LogP contribution in [0, 0.1) is 23.2 Å². The van der Waals surface area contributed by atoms with Crippen molar-refractivity contribution in [2.45, 2.75) is 57.1 Å². The Morgan fingerprint density at radius 3 is 2.59 bits per heavy atom. The van der Waals surface area contributed by atoms with Crippen LogP contribution in [0.2, 0.25) is 0 Å². The van der Waals surface area contributed by atoms with Crippen LogP contribution in [0.4, 0.5) is 0 Å². The quantitative estimate of drug-likeness (QED) is 0.764. The highest BCUT2D eigenvalue weighted by Crippen LogP contribution is 2.31. The van der Waals surface area contributed by atoms with Crippen LogP contribution in [-0.2, 0) is 0 Å². The van der Waals surface area contributed by atoms with E-state index >= 15 is 0 Å². The number of aliphatic hydroxyl groups excluding tert-OH is 1. The molecule has 3 heteroatoms. The number of aliphatic hydroxyl groups is 1. The fourth-order valence-corrected chi connectivity index (χ4v) is 3.36. The highest BCUT2D eigenvalue weighted by atomic mass is 16.3. The van der Waals surface area contributed by atoms with Crippen molar-refractivity contribution in [1.82, 2.24) is 4.90 Å². The van der Waals surface area contributed by atoms with Crippen molar-refractivity contribution >= 4 is 0 Å². The van der Waals surface area contributed by atoms with E-state index in [0.29, 0.717) is 12.0 Å². The average molecular weight is 236 g/mol. The molecule has 0 amide bonds. The third kappa shape index (κ3) is 3.20. The van der Waals surface area contributed by atoms with E-state index in [1.165, 1.54) is 25.7 Å². The van der Waals surface area contributed by atoms with Gasteiger partial charge in [-0.3, -0.25) is 0 Å². The molecule has 17 heavy (non-hydrogen) atoms. The summed E-state index contributed by atoms with van der Waals surface area (Å²) in [6.07, 6.45) is 7.84. The molecule has 0 bridgehead atoms. The van der Waals surface area contributed by atoms with Crippen molar-refractivity contribution in [2.75, 3.05) is 13.6 Å². The molecule has 0 saturated heterocycles. The normalized spacial score (nSPS) is 38.2. The molecule has 96 valence electrons. The molecule has 0 aromatic carbocycles. The molecule has 0 spiro atoms. The van der Waals surface area contributed by atoms with Gasteiger partial charge >= 0.3 is 0 Å². The van der Waals surface area contributed by atoms with E-state index in [1.54, 1.807) is 0 Å². The number of nitriles is 1. The van der Waals surface area contributed by atoms with Gasteiger partial charge in [0.05, 0.1) is 18.1 Å². The van der Waals surface area contributed by atoms with Crippen LogP contribution in [0.1, 0.15) is 44.9 Å². The van der Waals surface area contributed by atoms with Crippen LogP contribution in [0.15, 0.2) is 0 Å². The first-order valence-electron chi connectivity index (χ1n) is 6.98. The summed E-state index contributed by atoms with van der Waals surface area (Å²) in [5.41, 5.74) is 0. The highest BCUT2D eigenvalue weighted by Gasteiger charge is 2.32. The molecule has 0 aromatic heterocycles. The minimum absolute atomic E-state index is 0.0608. The maximum absolute atomic E-state index is 9.31. The third-order valence-electron chi connectivity index (χ3n) is 4.47. The summed E-state index contributed by atoms with van der Waals surface area (Å²) < 4.78 is 0. The minimum Gasteiger partial charge on any atom is -0.393 e. The van der Waals surface area contributed by atoms with E-state index in [1.807, 2.05) is 0 Å². The van der Waals surface area contributed by atoms with Crippen LogP contribution in [0.25, 0.3) is 0 Å². The van der Waals surface area contributed by atoms with Gasteiger partial charge in [-0.05, 0) is 38.6 Å². The first-order valence-corrected chi connectivity index (χ1v) is 6.98. The van der Waals surface area contributed by atoms with Crippen molar-refractivity contribution in [3.63, 3.8) is 0 Å². The van der Waals surface area contributed by atoms with Crippen LogP contribution in [0.3, 0.4) is 0 Å². The summed E-state index contributed by atoms with van der Waals surface area (Å²) in [5, 5.41) is 18.6. The second-order valence-corrected chi connectivity index (χ2v) is 5.87.